The molecular formula is C44H61N7O6. The fourth-order valence-electron chi connectivity index (χ4n) is 6.25. The maximum absolute atomic E-state index is 11.8. The summed E-state index contributed by atoms with van der Waals surface area (Å²) >= 11 is 0. The number of aliphatic carboxylic acids is 1. The van der Waals surface area contributed by atoms with Crippen LogP contribution in [0.3, 0.4) is 0 Å². The predicted octanol–water partition coefficient (Wildman–Crippen LogP) is 9.07. The number of nitrogens with one attached hydrogen (secondary N) is 1. The lowest BCUT2D eigenvalue weighted by molar-refractivity contribution is -0.137. The number of nitrogens with zero attached hydrogens (tertiary/aromatic N) is 5. The van der Waals surface area contributed by atoms with E-state index in [1.807, 2.05) is 60.0 Å². The Balaban J connectivity index is 0.000000311. The summed E-state index contributed by atoms with van der Waals surface area (Å²) in [6, 6.07) is 21.4. The van der Waals surface area contributed by atoms with Crippen LogP contribution in [-0.4, -0.2) is 77.2 Å². The number of benzene rings is 3. The Bertz CT molecular complexity index is 1890. The number of tetrazole rings is 1. The number of rotatable bonds is 23. The lowest BCUT2D eigenvalue weighted by Gasteiger charge is -2.12. The summed E-state index contributed by atoms with van der Waals surface area (Å²) in [5.74, 6) is -1.14. The Hall–Kier alpha value is -5.40. The minimum Gasteiger partial charge on any atom is -0.481 e. The number of carbonyl (C=O) groups is 2. The number of allylic oxidation sites excluding steroid dienone is 2. The molecular weight excluding hydrogens is 723 g/mol. The van der Waals surface area contributed by atoms with Gasteiger partial charge in [0.2, 0.25) is 5.82 Å². The number of carboxylic acids is 2. The maximum atomic E-state index is 11.8. The standard InChI is InChI=1S/C24H20N6O3.C18H34O2.C2H7NO/c1-2-33-24-25-20-9-5-8-19(23(31)32)21(20)30(24)14-15-10-12-16(13-11-15)17-6-3-4-7-18(17)22-26-28-29-27-22;1-2-3-4-5-6-7-8-9-10-11-12-13-14-15-16-17-18(19)20;3-1-2-4/h3-13H,2,14H2,1H3,(H,31,32)(H,26,27,28,29);9-10H,2-8,11-17H2,1H3,(H,19,20);4H,1-3H2/b;10-9-;. The number of aliphatic hydroxyl groups is 1. The van der Waals surface area contributed by atoms with E-state index in [4.69, 9.17) is 20.7 Å². The minimum absolute atomic E-state index is 0.0972. The van der Waals surface area contributed by atoms with Crippen LogP contribution in [-0.2, 0) is 11.3 Å². The molecule has 5 rings (SSSR count). The first-order chi connectivity index (χ1) is 27.8. The number of carboxylic acid groups (broad SMARTS) is 2. The number of nitrogens with two attached hydrogens (primary N) is 1. The Morgan fingerprint density at radius 3 is 2.02 bits per heavy atom. The monoisotopic (exact) mass is 783 g/mol. The first-order valence-corrected chi connectivity index (χ1v) is 20.3. The Kier molecular flexibility index (Phi) is 22.0. The predicted molar refractivity (Wildman–Crippen MR) is 225 cm³/mol. The molecule has 0 unspecified atom stereocenters. The molecule has 6 N–H and O–H groups in total. The number of unbranched alkanes of at least 4 members (excludes halogenated alkanes) is 11. The van der Waals surface area contributed by atoms with Crippen molar-refractivity contribution < 1.29 is 29.6 Å². The second-order valence-electron chi connectivity index (χ2n) is 13.6. The number of hydrogen-bond donors (Lipinski definition) is 5. The number of aliphatic hydroxyl groups excluding tert-OH is 1. The first kappa shape index (κ1) is 46.0. The quantitative estimate of drug-likeness (QED) is 0.0312. The lowest BCUT2D eigenvalue weighted by atomic mass is 9.98. The molecule has 2 aromatic heterocycles. The molecule has 3 aromatic carbocycles. The van der Waals surface area contributed by atoms with Gasteiger partial charge >= 0.3 is 11.9 Å². The number of para-hydroxylation sites is 1. The van der Waals surface area contributed by atoms with E-state index in [0.717, 1.165) is 35.1 Å². The summed E-state index contributed by atoms with van der Waals surface area (Å²) in [4.78, 5) is 26.6. The van der Waals surface area contributed by atoms with Gasteiger partial charge in [-0.05, 0) is 73.1 Å². The van der Waals surface area contributed by atoms with Crippen molar-refractivity contribution in [3.05, 3.63) is 90.0 Å². The molecule has 0 saturated heterocycles. The van der Waals surface area contributed by atoms with E-state index in [1.165, 1.54) is 70.6 Å². The fraction of sp³-hybridized carbons (Fsp3) is 0.455. The largest absolute Gasteiger partial charge is 0.481 e. The van der Waals surface area contributed by atoms with Gasteiger partial charge in [0.1, 0.15) is 0 Å². The van der Waals surface area contributed by atoms with Crippen molar-refractivity contribution in [2.24, 2.45) is 5.73 Å². The van der Waals surface area contributed by atoms with Gasteiger partial charge in [-0.25, -0.2) is 4.79 Å². The van der Waals surface area contributed by atoms with Gasteiger partial charge in [-0.15, -0.1) is 10.2 Å². The Labute approximate surface area is 336 Å². The van der Waals surface area contributed by atoms with Gasteiger partial charge in [-0.3, -0.25) is 9.36 Å². The van der Waals surface area contributed by atoms with Crippen molar-refractivity contribution in [2.45, 2.75) is 110 Å². The summed E-state index contributed by atoms with van der Waals surface area (Å²) in [6.45, 7) is 5.45. The molecule has 13 nitrogen and oxygen atoms in total. The minimum atomic E-state index is -1.00. The van der Waals surface area contributed by atoms with Crippen molar-refractivity contribution in [2.75, 3.05) is 19.8 Å². The van der Waals surface area contributed by atoms with Gasteiger partial charge in [0.05, 0.1) is 36.4 Å². The lowest BCUT2D eigenvalue weighted by Crippen LogP contribution is -2.08. The number of fused-ring (bicyclic) bond motifs is 1. The van der Waals surface area contributed by atoms with E-state index >= 15 is 0 Å². The summed E-state index contributed by atoms with van der Waals surface area (Å²) in [5, 5.41) is 40.3. The van der Waals surface area contributed by atoms with Gasteiger partial charge in [0.15, 0.2) is 0 Å². The third-order valence-electron chi connectivity index (χ3n) is 9.14. The molecule has 57 heavy (non-hydrogen) atoms. The van der Waals surface area contributed by atoms with Crippen molar-refractivity contribution in [1.29, 1.82) is 0 Å². The number of aromatic amines is 1. The molecule has 2 heterocycles. The third kappa shape index (κ3) is 16.3. The number of hydrogen-bond acceptors (Lipinski definition) is 9. The zero-order valence-corrected chi connectivity index (χ0v) is 33.6. The highest BCUT2D eigenvalue weighted by molar-refractivity contribution is 6.01. The van der Waals surface area contributed by atoms with Crippen LogP contribution in [0.5, 0.6) is 6.01 Å². The average Bonchev–Trinajstić information content (AvgIpc) is 3.89. The fourth-order valence-corrected chi connectivity index (χ4v) is 6.25. The molecule has 308 valence electrons. The molecule has 0 saturated carbocycles. The molecule has 0 amide bonds. The number of imidazole rings is 1. The van der Waals surface area contributed by atoms with Crippen LogP contribution in [0.2, 0.25) is 0 Å². The van der Waals surface area contributed by atoms with Crippen LogP contribution in [0.1, 0.15) is 120 Å². The van der Waals surface area contributed by atoms with Gasteiger partial charge in [-0.1, -0.05) is 125 Å². The maximum Gasteiger partial charge on any atom is 0.337 e. The van der Waals surface area contributed by atoms with Gasteiger partial charge in [-0.2, -0.15) is 10.2 Å². The van der Waals surface area contributed by atoms with Crippen molar-refractivity contribution >= 4 is 23.0 Å². The summed E-state index contributed by atoms with van der Waals surface area (Å²) in [7, 11) is 0. The summed E-state index contributed by atoms with van der Waals surface area (Å²) < 4.78 is 7.53. The SMILES string of the molecule is CCCCCCCC/C=C\CCCCCCCC(=O)O.CCOc1nc2cccc(C(=O)O)c2n1Cc1ccc(-c2ccccc2-c2nn[nH]n2)cc1.NCCO. The van der Waals surface area contributed by atoms with Crippen molar-refractivity contribution in [3.63, 3.8) is 0 Å². The molecule has 0 spiro atoms. The highest BCUT2D eigenvalue weighted by Gasteiger charge is 2.19. The van der Waals surface area contributed by atoms with Crippen molar-refractivity contribution in [1.82, 2.24) is 30.2 Å². The second-order valence-corrected chi connectivity index (χ2v) is 13.6. The van der Waals surface area contributed by atoms with Crippen LogP contribution in [0.15, 0.2) is 78.9 Å². The van der Waals surface area contributed by atoms with E-state index in [1.54, 1.807) is 18.2 Å². The van der Waals surface area contributed by atoms with Gasteiger partial charge in [0, 0.05) is 18.5 Å². The Morgan fingerprint density at radius 1 is 0.807 bits per heavy atom. The zero-order chi connectivity index (χ0) is 41.1. The second kappa shape index (κ2) is 27.2. The molecule has 5 aromatic rings. The molecule has 0 atom stereocenters. The third-order valence-corrected chi connectivity index (χ3v) is 9.14. The van der Waals surface area contributed by atoms with Crippen LogP contribution in [0.25, 0.3) is 33.5 Å². The zero-order valence-electron chi connectivity index (χ0n) is 33.6. The molecule has 0 fully saturated rings. The first-order valence-electron chi connectivity index (χ1n) is 20.3. The summed E-state index contributed by atoms with van der Waals surface area (Å²) in [6.07, 6.45) is 21.2. The van der Waals surface area contributed by atoms with Gasteiger partial charge < -0.3 is 25.8 Å². The van der Waals surface area contributed by atoms with Crippen LogP contribution in [0, 0.1) is 0 Å². The van der Waals surface area contributed by atoms with Crippen LogP contribution in [0.4, 0.5) is 0 Å². The number of aromatic carboxylic acids is 1. The van der Waals surface area contributed by atoms with E-state index in [-0.39, 0.29) is 12.2 Å². The van der Waals surface area contributed by atoms with Crippen LogP contribution >= 0.6 is 0 Å². The number of aromatic nitrogens is 6. The van der Waals surface area contributed by atoms with E-state index in [2.05, 4.69) is 44.7 Å². The Morgan fingerprint density at radius 2 is 1.44 bits per heavy atom. The molecule has 0 aliphatic rings. The van der Waals surface area contributed by atoms with E-state index in [9.17, 15) is 14.7 Å². The molecule has 13 heteroatoms. The molecule has 0 aliphatic heterocycles. The van der Waals surface area contributed by atoms with E-state index in [0.29, 0.717) is 49.0 Å². The molecule has 0 bridgehead atoms. The molecule has 0 radical (unpaired) electrons. The van der Waals surface area contributed by atoms with E-state index < -0.39 is 11.9 Å². The van der Waals surface area contributed by atoms with Crippen LogP contribution < -0.4 is 10.5 Å². The highest BCUT2D eigenvalue weighted by Crippen LogP contribution is 2.31. The van der Waals surface area contributed by atoms with Gasteiger partial charge in [0.25, 0.3) is 6.01 Å². The van der Waals surface area contributed by atoms with Crippen molar-refractivity contribution in [3.8, 4) is 28.5 Å². The topological polar surface area (TPSA) is 202 Å². The average molecular weight is 784 g/mol. The number of H-pyrrole nitrogens is 1. The number of ether oxygens (including phenoxy) is 1. The normalized spacial score (nSPS) is 10.9. The molecule has 0 aliphatic carbocycles. The highest BCUT2D eigenvalue weighted by atomic mass is 16.5. The smallest absolute Gasteiger partial charge is 0.337 e. The summed E-state index contributed by atoms with van der Waals surface area (Å²) in [5.41, 5.74) is 9.95.